The standard InChI is InChI=1S/C11H14BrF2N/c1-15(8-7-12)9-11(13,14)10-5-3-2-4-6-10/h2-6H,7-9H2,1H3. The predicted molar refractivity (Wildman–Crippen MR) is 61.6 cm³/mol. The zero-order valence-corrected chi connectivity index (χ0v) is 10.2. The van der Waals surface area contributed by atoms with E-state index in [1.165, 1.54) is 12.1 Å². The Bertz CT molecular complexity index is 290. The zero-order valence-electron chi connectivity index (χ0n) is 8.59. The molecule has 0 aliphatic rings. The van der Waals surface area contributed by atoms with Crippen molar-refractivity contribution in [1.82, 2.24) is 4.90 Å². The number of alkyl halides is 3. The first-order valence-corrected chi connectivity index (χ1v) is 5.86. The third kappa shape index (κ3) is 3.87. The molecule has 0 amide bonds. The van der Waals surface area contributed by atoms with Crippen LogP contribution >= 0.6 is 15.9 Å². The highest BCUT2D eigenvalue weighted by molar-refractivity contribution is 9.09. The van der Waals surface area contributed by atoms with Crippen LogP contribution in [0.15, 0.2) is 30.3 Å². The second-order valence-corrected chi connectivity index (χ2v) is 4.29. The van der Waals surface area contributed by atoms with Crippen LogP contribution < -0.4 is 0 Å². The van der Waals surface area contributed by atoms with Gasteiger partial charge in [-0.1, -0.05) is 46.3 Å². The van der Waals surface area contributed by atoms with E-state index >= 15 is 0 Å². The van der Waals surface area contributed by atoms with Gasteiger partial charge < -0.3 is 0 Å². The van der Waals surface area contributed by atoms with Crippen molar-refractivity contribution in [3.63, 3.8) is 0 Å². The van der Waals surface area contributed by atoms with Crippen LogP contribution in [0.3, 0.4) is 0 Å². The summed E-state index contributed by atoms with van der Waals surface area (Å²) < 4.78 is 27.3. The molecule has 1 aromatic carbocycles. The van der Waals surface area contributed by atoms with E-state index in [0.717, 1.165) is 0 Å². The number of likely N-dealkylation sites (N-methyl/N-ethyl adjacent to an activating group) is 1. The Morgan fingerprint density at radius 3 is 2.40 bits per heavy atom. The molecule has 0 radical (unpaired) electrons. The number of nitrogens with zero attached hydrogens (tertiary/aromatic N) is 1. The third-order valence-corrected chi connectivity index (χ3v) is 2.49. The SMILES string of the molecule is CN(CCBr)CC(F)(F)c1ccccc1. The second-order valence-electron chi connectivity index (χ2n) is 3.50. The third-order valence-electron chi connectivity index (χ3n) is 2.13. The summed E-state index contributed by atoms with van der Waals surface area (Å²) in [5.74, 6) is -2.78. The highest BCUT2D eigenvalue weighted by Crippen LogP contribution is 2.28. The van der Waals surface area contributed by atoms with E-state index in [1.54, 1.807) is 30.1 Å². The summed E-state index contributed by atoms with van der Waals surface area (Å²) in [4.78, 5) is 1.61. The van der Waals surface area contributed by atoms with Crippen LogP contribution in [0, 0.1) is 0 Å². The molecular formula is C11H14BrF2N. The molecular weight excluding hydrogens is 264 g/mol. The van der Waals surface area contributed by atoms with Crippen molar-refractivity contribution in [3.8, 4) is 0 Å². The van der Waals surface area contributed by atoms with Crippen molar-refractivity contribution < 1.29 is 8.78 Å². The lowest BCUT2D eigenvalue weighted by Crippen LogP contribution is -2.33. The van der Waals surface area contributed by atoms with Crippen molar-refractivity contribution in [2.24, 2.45) is 0 Å². The number of benzene rings is 1. The molecule has 0 fully saturated rings. The van der Waals surface area contributed by atoms with Crippen molar-refractivity contribution in [1.29, 1.82) is 0 Å². The van der Waals surface area contributed by atoms with Gasteiger partial charge in [-0.25, -0.2) is 0 Å². The fourth-order valence-corrected chi connectivity index (χ4v) is 1.94. The summed E-state index contributed by atoms with van der Waals surface area (Å²) in [6.45, 7) is 0.366. The molecule has 0 aliphatic carbocycles. The Labute approximate surface area is 97.2 Å². The second kappa shape index (κ2) is 5.56. The summed E-state index contributed by atoms with van der Waals surface area (Å²) in [5, 5.41) is 0.703. The van der Waals surface area contributed by atoms with E-state index < -0.39 is 5.92 Å². The number of hydrogen-bond donors (Lipinski definition) is 0. The van der Waals surface area contributed by atoms with Gasteiger partial charge in [0.15, 0.2) is 0 Å². The molecule has 0 unspecified atom stereocenters. The van der Waals surface area contributed by atoms with Crippen molar-refractivity contribution in [3.05, 3.63) is 35.9 Å². The lowest BCUT2D eigenvalue weighted by molar-refractivity contribution is -0.0308. The summed E-state index contributed by atoms with van der Waals surface area (Å²) in [6, 6.07) is 7.92. The minimum atomic E-state index is -2.78. The molecule has 0 aliphatic heterocycles. The average Bonchev–Trinajstić information content (AvgIpc) is 2.18. The molecule has 0 atom stereocenters. The Kier molecular flexibility index (Phi) is 4.67. The van der Waals surface area contributed by atoms with Crippen LogP contribution in [0.4, 0.5) is 8.78 Å². The number of halogens is 3. The highest BCUT2D eigenvalue weighted by atomic mass is 79.9. The normalized spacial score (nSPS) is 12.1. The molecule has 0 N–H and O–H groups in total. The predicted octanol–water partition coefficient (Wildman–Crippen LogP) is 3.11. The highest BCUT2D eigenvalue weighted by Gasteiger charge is 2.32. The molecule has 0 bridgehead atoms. The van der Waals surface area contributed by atoms with E-state index in [1.807, 2.05) is 0 Å². The molecule has 0 aromatic heterocycles. The monoisotopic (exact) mass is 277 g/mol. The van der Waals surface area contributed by atoms with Gasteiger partial charge in [0.1, 0.15) is 0 Å². The maximum absolute atomic E-state index is 13.7. The van der Waals surface area contributed by atoms with Gasteiger partial charge in [-0.05, 0) is 7.05 Å². The quantitative estimate of drug-likeness (QED) is 0.748. The molecule has 1 nitrogen and oxygen atoms in total. The molecule has 1 aromatic rings. The van der Waals surface area contributed by atoms with Crippen molar-refractivity contribution in [2.45, 2.75) is 5.92 Å². The number of rotatable bonds is 5. The maximum Gasteiger partial charge on any atom is 0.285 e. The largest absolute Gasteiger partial charge is 0.299 e. The van der Waals surface area contributed by atoms with E-state index in [2.05, 4.69) is 15.9 Å². The van der Waals surface area contributed by atoms with Crippen LogP contribution in [-0.4, -0.2) is 30.4 Å². The van der Waals surface area contributed by atoms with Gasteiger partial charge in [-0.3, -0.25) is 4.90 Å². The molecule has 0 heterocycles. The fraction of sp³-hybridized carbons (Fsp3) is 0.455. The van der Waals surface area contributed by atoms with Crippen molar-refractivity contribution in [2.75, 3.05) is 25.5 Å². The van der Waals surface area contributed by atoms with Crippen LogP contribution in [0.25, 0.3) is 0 Å². The summed E-state index contributed by atoms with van der Waals surface area (Å²) in [5.41, 5.74) is 0.0754. The van der Waals surface area contributed by atoms with E-state index in [4.69, 9.17) is 0 Å². The Morgan fingerprint density at radius 2 is 1.87 bits per heavy atom. The molecule has 1 rings (SSSR count). The van der Waals surface area contributed by atoms with Gasteiger partial charge in [0.2, 0.25) is 0 Å². The summed E-state index contributed by atoms with van der Waals surface area (Å²) in [7, 11) is 1.69. The topological polar surface area (TPSA) is 3.24 Å². The van der Waals surface area contributed by atoms with Gasteiger partial charge in [0, 0.05) is 17.4 Å². The van der Waals surface area contributed by atoms with E-state index in [0.29, 0.717) is 11.9 Å². The molecule has 84 valence electrons. The Balaban J connectivity index is 2.67. The lowest BCUT2D eigenvalue weighted by atomic mass is 10.1. The minimum Gasteiger partial charge on any atom is -0.299 e. The van der Waals surface area contributed by atoms with Gasteiger partial charge >= 0.3 is 0 Å². The maximum atomic E-state index is 13.7. The molecule has 4 heteroatoms. The first-order chi connectivity index (χ1) is 7.06. The van der Waals surface area contributed by atoms with Crippen LogP contribution in [0.2, 0.25) is 0 Å². The number of hydrogen-bond acceptors (Lipinski definition) is 1. The summed E-state index contributed by atoms with van der Waals surface area (Å²) in [6.07, 6.45) is 0. The first kappa shape index (κ1) is 12.6. The molecule has 0 saturated heterocycles. The van der Waals surface area contributed by atoms with Crippen molar-refractivity contribution >= 4 is 15.9 Å². The first-order valence-electron chi connectivity index (χ1n) is 4.74. The average molecular weight is 278 g/mol. The van der Waals surface area contributed by atoms with Gasteiger partial charge in [-0.15, -0.1) is 0 Å². The molecule has 0 saturated carbocycles. The Hall–Kier alpha value is -0.480. The van der Waals surface area contributed by atoms with Crippen LogP contribution in [0.5, 0.6) is 0 Å². The zero-order chi connectivity index (χ0) is 11.3. The van der Waals surface area contributed by atoms with Crippen LogP contribution in [-0.2, 0) is 5.92 Å². The van der Waals surface area contributed by atoms with Crippen LogP contribution in [0.1, 0.15) is 5.56 Å². The molecule has 0 spiro atoms. The summed E-state index contributed by atoms with van der Waals surface area (Å²) >= 11 is 3.23. The fourth-order valence-electron chi connectivity index (χ4n) is 1.34. The lowest BCUT2D eigenvalue weighted by Gasteiger charge is -2.23. The smallest absolute Gasteiger partial charge is 0.285 e. The van der Waals surface area contributed by atoms with Gasteiger partial charge in [0.05, 0.1) is 6.54 Å². The minimum absolute atomic E-state index is 0.0754. The Morgan fingerprint density at radius 1 is 1.27 bits per heavy atom. The van der Waals surface area contributed by atoms with E-state index in [9.17, 15) is 8.78 Å². The van der Waals surface area contributed by atoms with E-state index in [-0.39, 0.29) is 12.1 Å². The van der Waals surface area contributed by atoms with Gasteiger partial charge in [-0.2, -0.15) is 8.78 Å². The molecule has 15 heavy (non-hydrogen) atoms. The van der Waals surface area contributed by atoms with Gasteiger partial charge in [0.25, 0.3) is 5.92 Å².